The highest BCUT2D eigenvalue weighted by molar-refractivity contribution is 6.30. The van der Waals surface area contributed by atoms with Gasteiger partial charge in [0.05, 0.1) is 5.56 Å². The zero-order valence-electron chi connectivity index (χ0n) is 10.4. The van der Waals surface area contributed by atoms with Gasteiger partial charge >= 0.3 is 5.69 Å². The van der Waals surface area contributed by atoms with E-state index in [0.717, 1.165) is 13.0 Å². The van der Waals surface area contributed by atoms with Crippen molar-refractivity contribution in [1.29, 1.82) is 0 Å². The number of hydrogen-bond donors (Lipinski definition) is 1. The molecule has 6 heteroatoms. The van der Waals surface area contributed by atoms with Gasteiger partial charge in [0.1, 0.15) is 5.15 Å². The molecule has 96 valence electrons. The minimum absolute atomic E-state index is 0.159. The van der Waals surface area contributed by atoms with Crippen molar-refractivity contribution < 1.29 is 0 Å². The molecule has 0 fully saturated rings. The van der Waals surface area contributed by atoms with Crippen molar-refractivity contribution in [2.45, 2.75) is 26.3 Å². The average molecular weight is 260 g/mol. The van der Waals surface area contributed by atoms with Crippen LogP contribution in [0.5, 0.6) is 0 Å². The molecular weight excluding hydrogens is 242 g/mol. The van der Waals surface area contributed by atoms with Crippen LogP contribution in [0.25, 0.3) is 0 Å². The van der Waals surface area contributed by atoms with Crippen LogP contribution in [0.4, 0.5) is 0 Å². The van der Waals surface area contributed by atoms with Crippen molar-refractivity contribution in [3.05, 3.63) is 31.6 Å². The van der Waals surface area contributed by atoms with Crippen LogP contribution in [0.1, 0.15) is 18.9 Å². The molecule has 0 aliphatic heterocycles. The SMILES string of the molecule is CCc1c(Cl)[nH]c(=O)n(CCCN(C)C)c1=O. The standard InChI is InChI=1S/C11H18ClN3O2/c1-4-8-9(12)13-11(17)15(10(8)16)7-5-6-14(2)3/h4-7H2,1-3H3,(H,13,17). The van der Waals surface area contributed by atoms with Crippen molar-refractivity contribution in [2.24, 2.45) is 0 Å². The highest BCUT2D eigenvalue weighted by atomic mass is 35.5. The Kier molecular flexibility index (Phi) is 4.96. The van der Waals surface area contributed by atoms with E-state index in [0.29, 0.717) is 18.5 Å². The summed E-state index contributed by atoms with van der Waals surface area (Å²) < 4.78 is 1.22. The van der Waals surface area contributed by atoms with E-state index in [-0.39, 0.29) is 10.7 Å². The molecule has 0 spiro atoms. The molecule has 0 radical (unpaired) electrons. The minimum atomic E-state index is -0.434. The van der Waals surface area contributed by atoms with Gasteiger partial charge in [0.25, 0.3) is 5.56 Å². The molecular formula is C11H18ClN3O2. The Morgan fingerprint density at radius 2 is 2.00 bits per heavy atom. The van der Waals surface area contributed by atoms with E-state index in [1.165, 1.54) is 4.57 Å². The Hall–Kier alpha value is -1.07. The number of nitrogens with zero attached hydrogens (tertiary/aromatic N) is 2. The normalized spacial score (nSPS) is 11.1. The molecule has 0 aliphatic carbocycles. The average Bonchev–Trinajstić information content (AvgIpc) is 2.22. The number of aromatic amines is 1. The van der Waals surface area contributed by atoms with E-state index in [1.807, 2.05) is 25.9 Å². The summed E-state index contributed by atoms with van der Waals surface area (Å²) >= 11 is 5.81. The van der Waals surface area contributed by atoms with Crippen molar-refractivity contribution >= 4 is 11.6 Å². The molecule has 0 atom stereocenters. The lowest BCUT2D eigenvalue weighted by Crippen LogP contribution is -2.38. The predicted octanol–water partition coefficient (Wildman–Crippen LogP) is 0.704. The molecule has 0 unspecified atom stereocenters. The van der Waals surface area contributed by atoms with Gasteiger partial charge in [-0.25, -0.2) is 4.79 Å². The second-order valence-electron chi connectivity index (χ2n) is 4.19. The van der Waals surface area contributed by atoms with Gasteiger partial charge in [-0.05, 0) is 33.5 Å². The summed E-state index contributed by atoms with van der Waals surface area (Å²) in [5.74, 6) is 0. The summed E-state index contributed by atoms with van der Waals surface area (Å²) in [5, 5.41) is 0.159. The number of nitrogens with one attached hydrogen (secondary N) is 1. The van der Waals surface area contributed by atoms with Gasteiger partial charge in [0.2, 0.25) is 0 Å². The monoisotopic (exact) mass is 259 g/mol. The zero-order valence-corrected chi connectivity index (χ0v) is 11.2. The number of rotatable bonds is 5. The highest BCUT2D eigenvalue weighted by Gasteiger charge is 2.10. The van der Waals surface area contributed by atoms with E-state index in [2.05, 4.69) is 4.98 Å². The number of H-pyrrole nitrogens is 1. The van der Waals surface area contributed by atoms with E-state index >= 15 is 0 Å². The van der Waals surface area contributed by atoms with E-state index in [9.17, 15) is 9.59 Å². The molecule has 0 saturated heterocycles. The Bertz CT molecular complexity index is 490. The maximum Gasteiger partial charge on any atom is 0.329 e. The summed E-state index contributed by atoms with van der Waals surface area (Å²) in [7, 11) is 3.90. The van der Waals surface area contributed by atoms with Gasteiger partial charge in [-0.2, -0.15) is 0 Å². The first-order valence-electron chi connectivity index (χ1n) is 5.63. The number of aromatic nitrogens is 2. The minimum Gasteiger partial charge on any atom is -0.309 e. The molecule has 0 bridgehead atoms. The molecule has 17 heavy (non-hydrogen) atoms. The van der Waals surface area contributed by atoms with E-state index in [4.69, 9.17) is 11.6 Å². The van der Waals surface area contributed by atoms with Gasteiger partial charge in [-0.1, -0.05) is 18.5 Å². The largest absolute Gasteiger partial charge is 0.329 e. The van der Waals surface area contributed by atoms with Crippen LogP contribution in [0, 0.1) is 0 Å². The first-order chi connectivity index (χ1) is 7.97. The Balaban J connectivity index is 3.00. The van der Waals surface area contributed by atoms with E-state index < -0.39 is 5.69 Å². The lowest BCUT2D eigenvalue weighted by molar-refractivity contribution is 0.382. The molecule has 5 nitrogen and oxygen atoms in total. The maximum absolute atomic E-state index is 12.0. The van der Waals surface area contributed by atoms with Gasteiger partial charge in [0.15, 0.2) is 0 Å². The van der Waals surface area contributed by atoms with Gasteiger partial charge < -0.3 is 4.90 Å². The quantitative estimate of drug-likeness (QED) is 0.792. The summed E-state index contributed by atoms with van der Waals surface area (Å²) in [6, 6.07) is 0. The molecule has 1 heterocycles. The fourth-order valence-corrected chi connectivity index (χ4v) is 1.94. The van der Waals surface area contributed by atoms with Crippen LogP contribution in [0.3, 0.4) is 0 Å². The van der Waals surface area contributed by atoms with Crippen LogP contribution in [-0.4, -0.2) is 35.1 Å². The van der Waals surface area contributed by atoms with Crippen LogP contribution in [0.2, 0.25) is 5.15 Å². The molecule has 0 aliphatic rings. The highest BCUT2D eigenvalue weighted by Crippen LogP contribution is 2.05. The Morgan fingerprint density at radius 3 is 2.53 bits per heavy atom. The molecule has 1 N–H and O–H groups in total. The Labute approximate surface area is 105 Å². The maximum atomic E-state index is 12.0. The van der Waals surface area contributed by atoms with E-state index in [1.54, 1.807) is 0 Å². The third-order valence-corrected chi connectivity index (χ3v) is 2.89. The van der Waals surface area contributed by atoms with Crippen molar-refractivity contribution in [2.75, 3.05) is 20.6 Å². The van der Waals surface area contributed by atoms with Crippen LogP contribution in [0.15, 0.2) is 9.59 Å². The predicted molar refractivity (Wildman–Crippen MR) is 68.9 cm³/mol. The first kappa shape index (κ1) is 14.0. The molecule has 0 saturated carbocycles. The summed E-state index contributed by atoms with van der Waals surface area (Å²) in [6.45, 7) is 3.08. The lowest BCUT2D eigenvalue weighted by Gasteiger charge is -2.11. The molecule has 1 rings (SSSR count). The third kappa shape index (κ3) is 3.44. The fourth-order valence-electron chi connectivity index (χ4n) is 1.64. The molecule has 0 amide bonds. The van der Waals surface area contributed by atoms with Crippen molar-refractivity contribution in [3.8, 4) is 0 Å². The number of hydrogen-bond acceptors (Lipinski definition) is 3. The van der Waals surface area contributed by atoms with Gasteiger partial charge in [-0.3, -0.25) is 14.3 Å². The lowest BCUT2D eigenvalue weighted by atomic mass is 10.2. The molecule has 1 aromatic heterocycles. The molecule has 1 aromatic rings. The van der Waals surface area contributed by atoms with Gasteiger partial charge in [-0.15, -0.1) is 0 Å². The second-order valence-corrected chi connectivity index (χ2v) is 4.57. The van der Waals surface area contributed by atoms with Crippen LogP contribution >= 0.6 is 11.6 Å². The fraction of sp³-hybridized carbons (Fsp3) is 0.636. The number of halogens is 1. The van der Waals surface area contributed by atoms with Gasteiger partial charge in [0, 0.05) is 6.54 Å². The topological polar surface area (TPSA) is 58.1 Å². The van der Waals surface area contributed by atoms with Crippen molar-refractivity contribution in [3.63, 3.8) is 0 Å². The van der Waals surface area contributed by atoms with Crippen molar-refractivity contribution in [1.82, 2.24) is 14.5 Å². The summed E-state index contributed by atoms with van der Waals surface area (Å²) in [6.07, 6.45) is 1.27. The van der Waals surface area contributed by atoms with Crippen LogP contribution in [-0.2, 0) is 13.0 Å². The smallest absolute Gasteiger partial charge is 0.309 e. The zero-order chi connectivity index (χ0) is 13.0. The molecule has 0 aromatic carbocycles. The second kappa shape index (κ2) is 6.02. The third-order valence-electron chi connectivity index (χ3n) is 2.57. The first-order valence-corrected chi connectivity index (χ1v) is 6.01. The summed E-state index contributed by atoms with van der Waals surface area (Å²) in [4.78, 5) is 28.1. The van der Waals surface area contributed by atoms with Crippen LogP contribution < -0.4 is 11.2 Å². The summed E-state index contributed by atoms with van der Waals surface area (Å²) in [5.41, 5.74) is -0.243. The Morgan fingerprint density at radius 1 is 1.35 bits per heavy atom.